The molecule has 2 aliphatic heterocycles. The molecule has 1 saturated heterocycles. The molecule has 1 aromatic carbocycles. The first-order valence-electron chi connectivity index (χ1n) is 9.44. The van der Waals surface area contributed by atoms with Crippen molar-refractivity contribution in [2.75, 3.05) is 19.7 Å². The predicted molar refractivity (Wildman–Crippen MR) is 99.8 cm³/mol. The summed E-state index contributed by atoms with van der Waals surface area (Å²) in [7, 11) is 0. The molecule has 1 atom stereocenters. The van der Waals surface area contributed by atoms with Gasteiger partial charge >= 0.3 is 12.1 Å². The average Bonchev–Trinajstić information content (AvgIpc) is 2.90. The third-order valence-electron chi connectivity index (χ3n) is 4.42. The lowest BCUT2D eigenvalue weighted by Gasteiger charge is -2.33. The van der Waals surface area contributed by atoms with Crippen LogP contribution in [0.1, 0.15) is 54.3 Å². The summed E-state index contributed by atoms with van der Waals surface area (Å²) in [5, 5.41) is 0.449. The van der Waals surface area contributed by atoms with Gasteiger partial charge in [0.2, 0.25) is 0 Å². The minimum absolute atomic E-state index is 0.187. The van der Waals surface area contributed by atoms with Crippen molar-refractivity contribution >= 4 is 23.9 Å². The fourth-order valence-corrected chi connectivity index (χ4v) is 3.13. The van der Waals surface area contributed by atoms with Crippen LogP contribution in [0, 0.1) is 0 Å². The highest BCUT2D eigenvalue weighted by Gasteiger charge is 2.38. The molecule has 2 heterocycles. The molecule has 1 fully saturated rings. The Kier molecular flexibility index (Phi) is 5.88. The second-order valence-corrected chi connectivity index (χ2v) is 7.92. The molecule has 0 bridgehead atoms. The average molecular weight is 404 g/mol. The van der Waals surface area contributed by atoms with E-state index in [0.29, 0.717) is 24.4 Å². The number of likely N-dealkylation sites (tertiary alicyclic amines) is 1. The van der Waals surface area contributed by atoms with Crippen LogP contribution < -0.4 is 0 Å². The molecule has 29 heavy (non-hydrogen) atoms. The lowest BCUT2D eigenvalue weighted by atomic mass is 10.1. The summed E-state index contributed by atoms with van der Waals surface area (Å²) in [6, 6.07) is 6.23. The van der Waals surface area contributed by atoms with Crippen molar-refractivity contribution < 1.29 is 33.5 Å². The molecule has 0 saturated carbocycles. The van der Waals surface area contributed by atoms with E-state index in [1.165, 1.54) is 17.0 Å². The van der Waals surface area contributed by atoms with Crippen LogP contribution in [0.5, 0.6) is 0 Å². The van der Waals surface area contributed by atoms with E-state index < -0.39 is 36.1 Å². The summed E-state index contributed by atoms with van der Waals surface area (Å²) in [4.78, 5) is 55.1. The Bertz CT molecular complexity index is 795. The molecule has 1 unspecified atom stereocenters. The number of hydrogen-bond donors (Lipinski definition) is 0. The Hall–Kier alpha value is -2.94. The van der Waals surface area contributed by atoms with Gasteiger partial charge in [-0.2, -0.15) is 0 Å². The number of carbonyl (C=O) groups is 4. The largest absolute Gasteiger partial charge is 0.444 e. The van der Waals surface area contributed by atoms with Gasteiger partial charge in [0, 0.05) is 6.54 Å². The zero-order valence-electron chi connectivity index (χ0n) is 16.7. The number of nitrogens with zero attached hydrogens (tertiary/aromatic N) is 2. The van der Waals surface area contributed by atoms with Crippen LogP contribution in [0.25, 0.3) is 0 Å². The molecule has 0 aromatic heterocycles. The van der Waals surface area contributed by atoms with E-state index in [0.717, 1.165) is 0 Å². The van der Waals surface area contributed by atoms with Gasteiger partial charge < -0.3 is 19.2 Å². The van der Waals surface area contributed by atoms with E-state index in [1.54, 1.807) is 32.9 Å². The Morgan fingerprint density at radius 3 is 2.31 bits per heavy atom. The maximum absolute atomic E-state index is 12.2. The Morgan fingerprint density at radius 1 is 1.10 bits per heavy atom. The lowest BCUT2D eigenvalue weighted by molar-refractivity contribution is -0.176. The third kappa shape index (κ3) is 4.92. The van der Waals surface area contributed by atoms with Crippen LogP contribution >= 0.6 is 0 Å². The van der Waals surface area contributed by atoms with Crippen molar-refractivity contribution in [3.63, 3.8) is 0 Å². The van der Waals surface area contributed by atoms with Crippen LogP contribution in [-0.2, 0) is 19.1 Å². The summed E-state index contributed by atoms with van der Waals surface area (Å²) >= 11 is 0. The van der Waals surface area contributed by atoms with Gasteiger partial charge in [-0.3, -0.25) is 9.59 Å². The zero-order valence-corrected chi connectivity index (χ0v) is 16.7. The second kappa shape index (κ2) is 8.20. The molecule has 9 heteroatoms. The summed E-state index contributed by atoms with van der Waals surface area (Å²) < 4.78 is 10.9. The molecule has 0 N–H and O–H groups in total. The van der Waals surface area contributed by atoms with Crippen LogP contribution in [0.15, 0.2) is 24.3 Å². The number of hydrogen-bond acceptors (Lipinski definition) is 7. The fraction of sp³-hybridized carbons (Fsp3) is 0.500. The molecule has 0 radical (unpaired) electrons. The number of amides is 3. The van der Waals surface area contributed by atoms with Gasteiger partial charge in [-0.05, 0) is 45.7 Å². The van der Waals surface area contributed by atoms with Gasteiger partial charge in [-0.25, -0.2) is 9.59 Å². The first kappa shape index (κ1) is 20.8. The summed E-state index contributed by atoms with van der Waals surface area (Å²) in [6.07, 6.45) is 0.571. The Balaban J connectivity index is 1.49. The maximum Gasteiger partial charge on any atom is 0.410 e. The van der Waals surface area contributed by atoms with Gasteiger partial charge in [0.05, 0.1) is 23.8 Å². The number of imide groups is 1. The second-order valence-electron chi connectivity index (χ2n) is 7.92. The van der Waals surface area contributed by atoms with E-state index in [1.807, 2.05) is 0 Å². The molecule has 156 valence electrons. The van der Waals surface area contributed by atoms with E-state index in [9.17, 15) is 19.2 Å². The van der Waals surface area contributed by atoms with Gasteiger partial charge in [0.15, 0.2) is 0 Å². The smallest absolute Gasteiger partial charge is 0.410 e. The topological polar surface area (TPSA) is 102 Å². The number of hydroxylamine groups is 2. The van der Waals surface area contributed by atoms with Crippen molar-refractivity contribution in [1.82, 2.24) is 9.96 Å². The lowest BCUT2D eigenvalue weighted by Crippen LogP contribution is -2.46. The van der Waals surface area contributed by atoms with Gasteiger partial charge in [-0.15, -0.1) is 0 Å². The normalized spacial score (nSPS) is 19.2. The number of rotatable bonds is 4. The number of benzene rings is 1. The molecule has 9 nitrogen and oxygen atoms in total. The molecule has 0 aliphatic carbocycles. The minimum atomic E-state index is -0.867. The minimum Gasteiger partial charge on any atom is -0.444 e. The SMILES string of the molecule is CC(C)(C)OC(=O)N1CCCC(OCC(=O)ON2C(=O)c3ccccc3C2=O)C1. The summed E-state index contributed by atoms with van der Waals surface area (Å²) in [6.45, 7) is 5.76. The van der Waals surface area contributed by atoms with Crippen molar-refractivity contribution in [3.05, 3.63) is 35.4 Å². The Morgan fingerprint density at radius 2 is 1.72 bits per heavy atom. The first-order valence-corrected chi connectivity index (χ1v) is 9.44. The van der Waals surface area contributed by atoms with Crippen LogP contribution in [0.4, 0.5) is 4.79 Å². The molecule has 3 amide bonds. The highest BCUT2D eigenvalue weighted by Crippen LogP contribution is 2.23. The predicted octanol–water partition coefficient (Wildman–Crippen LogP) is 2.16. The summed E-state index contributed by atoms with van der Waals surface area (Å²) in [5.74, 6) is -2.24. The van der Waals surface area contributed by atoms with Crippen LogP contribution in [-0.4, -0.2) is 65.2 Å². The fourth-order valence-electron chi connectivity index (χ4n) is 3.13. The molecule has 0 spiro atoms. The molecule has 3 rings (SSSR count). The highest BCUT2D eigenvalue weighted by molar-refractivity contribution is 6.20. The van der Waals surface area contributed by atoms with E-state index in [2.05, 4.69) is 0 Å². The van der Waals surface area contributed by atoms with E-state index >= 15 is 0 Å². The van der Waals surface area contributed by atoms with E-state index in [4.69, 9.17) is 14.3 Å². The highest BCUT2D eigenvalue weighted by atomic mass is 16.7. The standard InChI is InChI=1S/C20H24N2O7/c1-20(2,3)28-19(26)21-10-6-7-13(11-21)27-12-16(23)29-22-17(24)14-8-4-5-9-15(14)18(22)25/h4-5,8-9,13H,6-7,10-12H2,1-3H3. The number of fused-ring (bicyclic) bond motifs is 1. The zero-order chi connectivity index (χ0) is 21.2. The maximum atomic E-state index is 12.2. The van der Waals surface area contributed by atoms with Gasteiger partial charge in [0.25, 0.3) is 11.8 Å². The van der Waals surface area contributed by atoms with Crippen molar-refractivity contribution in [2.45, 2.75) is 45.3 Å². The first-order chi connectivity index (χ1) is 13.7. The van der Waals surface area contributed by atoms with Gasteiger partial charge in [-0.1, -0.05) is 17.2 Å². The van der Waals surface area contributed by atoms with Crippen molar-refractivity contribution in [1.29, 1.82) is 0 Å². The summed E-state index contributed by atoms with van der Waals surface area (Å²) in [5.41, 5.74) is -0.223. The van der Waals surface area contributed by atoms with Crippen LogP contribution in [0.3, 0.4) is 0 Å². The molecular formula is C20H24N2O7. The van der Waals surface area contributed by atoms with Crippen molar-refractivity contribution in [2.24, 2.45) is 0 Å². The van der Waals surface area contributed by atoms with Crippen molar-refractivity contribution in [3.8, 4) is 0 Å². The molecule has 2 aliphatic rings. The Labute approximate surface area is 168 Å². The molecular weight excluding hydrogens is 380 g/mol. The quantitative estimate of drug-likeness (QED) is 0.709. The molecule has 1 aromatic rings. The monoisotopic (exact) mass is 404 g/mol. The third-order valence-corrected chi connectivity index (χ3v) is 4.42. The van der Waals surface area contributed by atoms with Gasteiger partial charge in [0.1, 0.15) is 12.2 Å². The van der Waals surface area contributed by atoms with Crippen LogP contribution in [0.2, 0.25) is 0 Å². The number of ether oxygens (including phenoxy) is 2. The van der Waals surface area contributed by atoms with E-state index in [-0.39, 0.29) is 23.8 Å². The number of piperidine rings is 1. The number of carbonyl (C=O) groups excluding carboxylic acids is 4.